The summed E-state index contributed by atoms with van der Waals surface area (Å²) >= 11 is 12.5. The van der Waals surface area contributed by atoms with Crippen molar-refractivity contribution in [1.29, 1.82) is 5.26 Å². The van der Waals surface area contributed by atoms with Crippen LogP contribution in [0.25, 0.3) is 5.69 Å². The number of halogens is 2. The monoisotopic (exact) mass is 433 g/mol. The van der Waals surface area contributed by atoms with Gasteiger partial charge in [-0.3, -0.25) is 9.78 Å². The summed E-state index contributed by atoms with van der Waals surface area (Å²) in [6.45, 7) is 3.88. The standard InChI is InChI=1S/C17H13Cl2N7O3/c1-7(2)9-5-13(23-24-15(9)21)29-14-10(18)3-8(4-11(14)19)26-17(28)22-16(27)12(6-20)25-26/h3-5,7H,1-2H3,(H2,21,24)(H,22,27,28). The van der Waals surface area contributed by atoms with Gasteiger partial charge in [0.25, 0.3) is 5.56 Å². The first-order chi connectivity index (χ1) is 13.7. The summed E-state index contributed by atoms with van der Waals surface area (Å²) < 4.78 is 6.45. The minimum atomic E-state index is -0.895. The van der Waals surface area contributed by atoms with Gasteiger partial charge in [0.2, 0.25) is 11.6 Å². The van der Waals surface area contributed by atoms with E-state index in [1.807, 2.05) is 18.8 Å². The summed E-state index contributed by atoms with van der Waals surface area (Å²) in [6.07, 6.45) is 0. The fourth-order valence-corrected chi connectivity index (χ4v) is 2.98. The van der Waals surface area contributed by atoms with Crippen LogP contribution in [0, 0.1) is 11.3 Å². The van der Waals surface area contributed by atoms with Gasteiger partial charge >= 0.3 is 5.69 Å². The maximum atomic E-state index is 12.0. The van der Waals surface area contributed by atoms with Gasteiger partial charge in [-0.15, -0.1) is 15.3 Å². The van der Waals surface area contributed by atoms with E-state index in [0.717, 1.165) is 10.2 Å². The van der Waals surface area contributed by atoms with E-state index in [-0.39, 0.29) is 39.1 Å². The van der Waals surface area contributed by atoms with Crippen LogP contribution in [-0.2, 0) is 0 Å². The van der Waals surface area contributed by atoms with Gasteiger partial charge in [-0.2, -0.15) is 9.94 Å². The number of hydrogen-bond acceptors (Lipinski definition) is 8. The number of benzene rings is 1. The third-order valence-electron chi connectivity index (χ3n) is 3.82. The molecule has 2 heterocycles. The van der Waals surface area contributed by atoms with Crippen molar-refractivity contribution in [1.82, 2.24) is 25.0 Å². The minimum absolute atomic E-state index is 0.0376. The molecule has 3 rings (SSSR count). The van der Waals surface area contributed by atoms with Crippen LogP contribution >= 0.6 is 23.2 Å². The number of nitrogens with two attached hydrogens (primary N) is 1. The fourth-order valence-electron chi connectivity index (χ4n) is 2.43. The number of nitrogens with zero attached hydrogens (tertiary/aromatic N) is 5. The zero-order valence-corrected chi connectivity index (χ0v) is 16.6. The number of nitrogens with one attached hydrogen (secondary N) is 1. The largest absolute Gasteiger partial charge is 0.434 e. The highest BCUT2D eigenvalue weighted by molar-refractivity contribution is 6.37. The first-order valence-electron chi connectivity index (χ1n) is 8.15. The summed E-state index contributed by atoms with van der Waals surface area (Å²) in [6, 6.07) is 5.90. The van der Waals surface area contributed by atoms with Gasteiger partial charge in [-0.05, 0) is 18.1 Å². The van der Waals surface area contributed by atoms with Gasteiger partial charge in [0, 0.05) is 11.6 Å². The predicted octanol–water partition coefficient (Wildman–Crippen LogP) is 2.39. The molecule has 148 valence electrons. The predicted molar refractivity (Wildman–Crippen MR) is 106 cm³/mol. The molecule has 0 atom stereocenters. The number of anilines is 1. The molecule has 3 aromatic rings. The molecule has 1 aromatic carbocycles. The third-order valence-corrected chi connectivity index (χ3v) is 4.38. The Bertz CT molecular complexity index is 1240. The Morgan fingerprint density at radius 3 is 2.45 bits per heavy atom. The molecule has 2 aromatic heterocycles. The van der Waals surface area contributed by atoms with E-state index in [4.69, 9.17) is 38.9 Å². The average Bonchev–Trinajstić information content (AvgIpc) is 2.65. The molecule has 0 unspecified atom stereocenters. The van der Waals surface area contributed by atoms with Crippen molar-refractivity contribution in [3.63, 3.8) is 0 Å². The van der Waals surface area contributed by atoms with Gasteiger partial charge in [0.05, 0.1) is 15.7 Å². The maximum Gasteiger partial charge on any atom is 0.349 e. The average molecular weight is 434 g/mol. The first kappa shape index (κ1) is 20.3. The number of H-pyrrole nitrogens is 1. The van der Waals surface area contributed by atoms with Crippen LogP contribution in [-0.4, -0.2) is 25.0 Å². The number of nitrogen functional groups attached to an aromatic ring is 1. The number of aromatic nitrogens is 5. The Labute approximate surface area is 173 Å². The van der Waals surface area contributed by atoms with Gasteiger partial charge in [-0.25, -0.2) is 4.79 Å². The second kappa shape index (κ2) is 7.90. The van der Waals surface area contributed by atoms with Crippen LogP contribution in [0.15, 0.2) is 27.8 Å². The molecule has 0 bridgehead atoms. The van der Waals surface area contributed by atoms with Crippen LogP contribution in [0.1, 0.15) is 31.0 Å². The fraction of sp³-hybridized carbons (Fsp3) is 0.176. The van der Waals surface area contributed by atoms with Crippen LogP contribution < -0.4 is 21.7 Å². The topological polar surface area (TPSA) is 153 Å². The van der Waals surface area contributed by atoms with E-state index in [2.05, 4.69) is 15.3 Å². The molecule has 10 nitrogen and oxygen atoms in total. The van der Waals surface area contributed by atoms with E-state index in [1.54, 1.807) is 12.1 Å². The third kappa shape index (κ3) is 4.06. The van der Waals surface area contributed by atoms with Crippen molar-refractivity contribution < 1.29 is 4.74 Å². The van der Waals surface area contributed by atoms with E-state index in [1.165, 1.54) is 12.1 Å². The molecule has 0 radical (unpaired) electrons. The Hall–Kier alpha value is -3.42. The van der Waals surface area contributed by atoms with Crippen LogP contribution in [0.4, 0.5) is 5.82 Å². The van der Waals surface area contributed by atoms with Crippen LogP contribution in [0.2, 0.25) is 10.0 Å². The highest BCUT2D eigenvalue weighted by Gasteiger charge is 2.17. The lowest BCUT2D eigenvalue weighted by Crippen LogP contribution is -2.33. The van der Waals surface area contributed by atoms with Crippen molar-refractivity contribution in [2.75, 3.05) is 5.73 Å². The Morgan fingerprint density at radius 2 is 1.86 bits per heavy atom. The summed E-state index contributed by atoms with van der Waals surface area (Å²) in [7, 11) is 0. The highest BCUT2D eigenvalue weighted by atomic mass is 35.5. The van der Waals surface area contributed by atoms with Crippen molar-refractivity contribution >= 4 is 29.0 Å². The van der Waals surface area contributed by atoms with Gasteiger partial charge < -0.3 is 10.5 Å². The molecular weight excluding hydrogens is 421 g/mol. The molecule has 0 aliphatic carbocycles. The van der Waals surface area contributed by atoms with Crippen molar-refractivity contribution in [2.24, 2.45) is 0 Å². The smallest absolute Gasteiger partial charge is 0.349 e. The molecule has 0 aliphatic rings. The number of aromatic amines is 1. The molecule has 0 saturated carbocycles. The van der Waals surface area contributed by atoms with Crippen LogP contribution in [0.3, 0.4) is 0 Å². The van der Waals surface area contributed by atoms with Gasteiger partial charge in [0.15, 0.2) is 5.75 Å². The van der Waals surface area contributed by atoms with E-state index < -0.39 is 16.9 Å². The molecule has 29 heavy (non-hydrogen) atoms. The molecule has 0 aliphatic heterocycles. The lowest BCUT2D eigenvalue weighted by molar-refractivity contribution is 0.454. The first-order valence-corrected chi connectivity index (χ1v) is 8.91. The van der Waals surface area contributed by atoms with Gasteiger partial charge in [-0.1, -0.05) is 37.0 Å². The lowest BCUT2D eigenvalue weighted by Gasteiger charge is -2.13. The molecule has 0 fully saturated rings. The number of hydrogen-bond donors (Lipinski definition) is 2. The summed E-state index contributed by atoms with van der Waals surface area (Å²) in [4.78, 5) is 25.5. The summed E-state index contributed by atoms with van der Waals surface area (Å²) in [5.41, 5.74) is 4.43. The maximum absolute atomic E-state index is 12.0. The summed E-state index contributed by atoms with van der Waals surface area (Å²) in [5.74, 6) is 0.583. The molecule has 3 N–H and O–H groups in total. The number of rotatable bonds is 4. The number of nitriles is 1. The van der Waals surface area contributed by atoms with E-state index in [9.17, 15) is 9.59 Å². The Morgan fingerprint density at radius 1 is 1.21 bits per heavy atom. The van der Waals surface area contributed by atoms with Crippen molar-refractivity contribution in [3.8, 4) is 23.4 Å². The van der Waals surface area contributed by atoms with E-state index >= 15 is 0 Å². The number of ether oxygens (including phenoxy) is 1. The molecule has 0 saturated heterocycles. The highest BCUT2D eigenvalue weighted by Crippen LogP contribution is 2.38. The van der Waals surface area contributed by atoms with Crippen molar-refractivity contribution in [3.05, 3.63) is 60.3 Å². The molecule has 0 amide bonds. The van der Waals surface area contributed by atoms with E-state index in [0.29, 0.717) is 0 Å². The second-order valence-electron chi connectivity index (χ2n) is 6.15. The molecule has 12 heteroatoms. The normalized spacial score (nSPS) is 10.8. The Balaban J connectivity index is 2.04. The van der Waals surface area contributed by atoms with Crippen molar-refractivity contribution in [2.45, 2.75) is 19.8 Å². The molecule has 0 spiro atoms. The van der Waals surface area contributed by atoms with Crippen LogP contribution in [0.5, 0.6) is 11.6 Å². The van der Waals surface area contributed by atoms with Gasteiger partial charge in [0.1, 0.15) is 11.9 Å². The SMILES string of the molecule is CC(C)c1cc(Oc2c(Cl)cc(-n3nc(C#N)c(=O)[nH]c3=O)cc2Cl)nnc1N. The second-order valence-corrected chi connectivity index (χ2v) is 6.96. The quantitative estimate of drug-likeness (QED) is 0.635. The zero-order valence-electron chi connectivity index (χ0n) is 15.1. The summed E-state index contributed by atoms with van der Waals surface area (Å²) in [5, 5.41) is 20.4. The lowest BCUT2D eigenvalue weighted by atomic mass is 10.1. The Kier molecular flexibility index (Phi) is 5.54. The molecular formula is C17H13Cl2N7O3. The minimum Gasteiger partial charge on any atom is -0.434 e. The zero-order chi connectivity index (χ0) is 21.3.